The van der Waals surface area contributed by atoms with Crippen LogP contribution in [-0.4, -0.2) is 23.2 Å². The van der Waals surface area contributed by atoms with Gasteiger partial charge in [-0.2, -0.15) is 0 Å². The summed E-state index contributed by atoms with van der Waals surface area (Å²) in [6, 6.07) is 18.4. The van der Waals surface area contributed by atoms with Gasteiger partial charge in [0.15, 0.2) is 6.61 Å². The lowest BCUT2D eigenvalue weighted by Crippen LogP contribution is -2.13. The molecular weight excluding hydrogens is 402 g/mol. The monoisotopic (exact) mass is 421 g/mol. The van der Waals surface area contributed by atoms with E-state index < -0.39 is 0 Å². The van der Waals surface area contributed by atoms with Crippen LogP contribution < -0.4 is 14.8 Å². The second-order valence-corrected chi connectivity index (χ2v) is 7.38. The van der Waals surface area contributed by atoms with E-state index in [4.69, 9.17) is 13.9 Å². The number of benzene rings is 2. The number of amides is 1. The fourth-order valence-corrected chi connectivity index (χ4v) is 3.45. The first-order valence-electron chi connectivity index (χ1n) is 9.21. The van der Waals surface area contributed by atoms with Crippen molar-refractivity contribution >= 4 is 22.9 Å². The molecule has 0 radical (unpaired) electrons. The number of thiophene rings is 1. The van der Waals surface area contributed by atoms with Gasteiger partial charge in [-0.05, 0) is 47.8 Å². The Morgan fingerprint density at radius 3 is 2.70 bits per heavy atom. The van der Waals surface area contributed by atoms with Crippen molar-refractivity contribution in [3.63, 3.8) is 0 Å². The van der Waals surface area contributed by atoms with Crippen LogP contribution in [0.2, 0.25) is 0 Å². The lowest BCUT2D eigenvalue weighted by Gasteiger charge is -2.07. The maximum absolute atomic E-state index is 12.2. The van der Waals surface area contributed by atoms with Gasteiger partial charge in [0, 0.05) is 22.2 Å². The molecule has 4 aromatic rings. The summed E-state index contributed by atoms with van der Waals surface area (Å²) in [5.74, 6) is 2.03. The summed E-state index contributed by atoms with van der Waals surface area (Å²) in [7, 11) is 1.61. The summed E-state index contributed by atoms with van der Waals surface area (Å²) in [4.78, 5) is 13.2. The van der Waals surface area contributed by atoms with Gasteiger partial charge in [-0.15, -0.1) is 21.5 Å². The molecule has 2 aromatic carbocycles. The minimum Gasteiger partial charge on any atom is -0.497 e. The molecule has 152 valence electrons. The molecule has 0 bridgehead atoms. The second-order valence-electron chi connectivity index (χ2n) is 6.35. The normalized spacial score (nSPS) is 10.6. The third kappa shape index (κ3) is 5.03. The van der Waals surface area contributed by atoms with Crippen LogP contribution in [0.15, 0.2) is 70.5 Å². The van der Waals surface area contributed by atoms with E-state index in [1.807, 2.05) is 53.9 Å². The van der Waals surface area contributed by atoms with Crippen molar-refractivity contribution in [1.29, 1.82) is 0 Å². The number of nitrogens with zero attached hydrogens (tertiary/aromatic N) is 2. The van der Waals surface area contributed by atoms with Gasteiger partial charge in [0.25, 0.3) is 5.89 Å². The first-order valence-corrected chi connectivity index (χ1v) is 10.1. The maximum atomic E-state index is 12.2. The van der Waals surface area contributed by atoms with Gasteiger partial charge in [0.2, 0.25) is 11.8 Å². The number of rotatable bonds is 8. The zero-order valence-electron chi connectivity index (χ0n) is 16.2. The molecule has 0 aliphatic rings. The molecule has 0 aliphatic carbocycles. The zero-order chi connectivity index (χ0) is 20.8. The highest BCUT2D eigenvalue weighted by molar-refractivity contribution is 7.10. The fourth-order valence-electron chi connectivity index (χ4n) is 2.75. The smallest absolute Gasteiger partial charge is 0.254 e. The quantitative estimate of drug-likeness (QED) is 0.449. The van der Waals surface area contributed by atoms with E-state index in [0.29, 0.717) is 29.6 Å². The molecule has 2 aromatic heterocycles. The number of hydrogen-bond acceptors (Lipinski definition) is 7. The van der Waals surface area contributed by atoms with Crippen LogP contribution in [0.5, 0.6) is 11.5 Å². The minimum atomic E-state index is -0.0735. The van der Waals surface area contributed by atoms with E-state index >= 15 is 0 Å². The third-order valence-corrected chi connectivity index (χ3v) is 5.08. The Balaban J connectivity index is 1.34. The van der Waals surface area contributed by atoms with Gasteiger partial charge in [-0.25, -0.2) is 0 Å². The first-order chi connectivity index (χ1) is 14.7. The molecule has 0 aliphatic heterocycles. The molecule has 0 atom stereocenters. The van der Waals surface area contributed by atoms with Gasteiger partial charge >= 0.3 is 0 Å². The first kappa shape index (κ1) is 19.7. The van der Waals surface area contributed by atoms with Crippen molar-refractivity contribution in [2.24, 2.45) is 0 Å². The van der Waals surface area contributed by atoms with Crippen molar-refractivity contribution in [2.75, 3.05) is 12.4 Å². The summed E-state index contributed by atoms with van der Waals surface area (Å²) in [5.41, 5.74) is 1.46. The highest BCUT2D eigenvalue weighted by Crippen LogP contribution is 2.23. The number of hydrogen-bond donors (Lipinski definition) is 1. The Bertz CT molecular complexity index is 1110. The predicted molar refractivity (Wildman–Crippen MR) is 114 cm³/mol. The maximum Gasteiger partial charge on any atom is 0.254 e. The number of nitrogens with one attached hydrogen (secondary N) is 1. The number of carbonyl (C=O) groups excluding carboxylic acids is 1. The summed E-state index contributed by atoms with van der Waals surface area (Å²) < 4.78 is 16.5. The molecule has 1 amide bonds. The molecule has 0 saturated heterocycles. The largest absolute Gasteiger partial charge is 0.497 e. The van der Waals surface area contributed by atoms with E-state index in [-0.39, 0.29) is 12.5 Å². The molecular formula is C22H19N3O4S. The van der Waals surface area contributed by atoms with E-state index in [2.05, 4.69) is 15.5 Å². The van der Waals surface area contributed by atoms with Gasteiger partial charge < -0.3 is 19.2 Å². The van der Waals surface area contributed by atoms with Crippen LogP contribution >= 0.6 is 11.3 Å². The number of aromatic nitrogens is 2. The molecule has 1 N–H and O–H groups in total. The van der Waals surface area contributed by atoms with Gasteiger partial charge in [-0.3, -0.25) is 4.79 Å². The summed E-state index contributed by atoms with van der Waals surface area (Å²) in [6.45, 7) is 0.121. The third-order valence-electron chi connectivity index (χ3n) is 4.20. The van der Waals surface area contributed by atoms with Crippen molar-refractivity contribution in [3.8, 4) is 23.0 Å². The van der Waals surface area contributed by atoms with Crippen molar-refractivity contribution in [2.45, 2.75) is 13.0 Å². The predicted octanol–water partition coefficient (Wildman–Crippen LogP) is 4.57. The van der Waals surface area contributed by atoms with Crippen molar-refractivity contribution in [3.05, 3.63) is 76.8 Å². The number of carbonyl (C=O) groups is 1. The SMILES string of the molecule is COc1ccc(-c2nnc(COc3cccc(NC(=O)Cc4cccs4)c3)o2)cc1. The fraction of sp³-hybridized carbons (Fsp3) is 0.136. The topological polar surface area (TPSA) is 86.5 Å². The molecule has 0 fully saturated rings. The van der Waals surface area contributed by atoms with Crippen LogP contribution in [0, 0.1) is 0 Å². The Hall–Kier alpha value is -3.65. The molecule has 0 spiro atoms. The second kappa shape index (κ2) is 9.23. The average molecular weight is 421 g/mol. The van der Waals surface area contributed by atoms with Gasteiger partial charge in [0.1, 0.15) is 11.5 Å². The van der Waals surface area contributed by atoms with Gasteiger partial charge in [0.05, 0.1) is 13.5 Å². The Kier molecular flexibility index (Phi) is 6.05. The lowest BCUT2D eigenvalue weighted by molar-refractivity contribution is -0.115. The van der Waals surface area contributed by atoms with E-state index in [1.54, 1.807) is 30.6 Å². The average Bonchev–Trinajstić information content (AvgIpc) is 3.45. The van der Waals surface area contributed by atoms with E-state index in [0.717, 1.165) is 16.2 Å². The van der Waals surface area contributed by atoms with Crippen LogP contribution in [0.3, 0.4) is 0 Å². The molecule has 8 heteroatoms. The van der Waals surface area contributed by atoms with Crippen LogP contribution in [-0.2, 0) is 17.8 Å². The number of ether oxygens (including phenoxy) is 2. The molecule has 7 nitrogen and oxygen atoms in total. The Morgan fingerprint density at radius 2 is 1.93 bits per heavy atom. The molecule has 4 rings (SSSR count). The molecule has 0 unspecified atom stereocenters. The summed E-state index contributed by atoms with van der Waals surface area (Å²) >= 11 is 1.56. The van der Waals surface area contributed by atoms with E-state index in [1.165, 1.54) is 0 Å². The summed E-state index contributed by atoms with van der Waals surface area (Å²) in [6.07, 6.45) is 0.346. The van der Waals surface area contributed by atoms with Crippen LogP contribution in [0.1, 0.15) is 10.8 Å². The zero-order valence-corrected chi connectivity index (χ0v) is 17.0. The Morgan fingerprint density at radius 1 is 1.07 bits per heavy atom. The molecule has 30 heavy (non-hydrogen) atoms. The van der Waals surface area contributed by atoms with Crippen LogP contribution in [0.25, 0.3) is 11.5 Å². The minimum absolute atomic E-state index is 0.0735. The van der Waals surface area contributed by atoms with Crippen molar-refractivity contribution < 1.29 is 18.7 Å². The molecule has 2 heterocycles. The summed E-state index contributed by atoms with van der Waals surface area (Å²) in [5, 5.41) is 12.9. The highest BCUT2D eigenvalue weighted by Gasteiger charge is 2.10. The highest BCUT2D eigenvalue weighted by atomic mass is 32.1. The van der Waals surface area contributed by atoms with E-state index in [9.17, 15) is 4.79 Å². The Labute approximate surface area is 177 Å². The van der Waals surface area contributed by atoms with Crippen LogP contribution in [0.4, 0.5) is 5.69 Å². The standard InChI is InChI=1S/C22H19N3O4S/c1-27-17-9-7-15(8-10-17)22-25-24-21(29-22)14-28-18-5-2-4-16(12-18)23-20(26)13-19-6-3-11-30-19/h2-12H,13-14H2,1H3,(H,23,26). The number of methoxy groups -OCH3 is 1. The van der Waals surface area contributed by atoms with Gasteiger partial charge in [-0.1, -0.05) is 12.1 Å². The lowest BCUT2D eigenvalue weighted by atomic mass is 10.2. The molecule has 0 saturated carbocycles. The number of anilines is 1. The van der Waals surface area contributed by atoms with Crippen molar-refractivity contribution in [1.82, 2.24) is 10.2 Å².